The molecule has 1 saturated heterocycles. The van der Waals surface area contributed by atoms with Crippen molar-refractivity contribution in [2.24, 2.45) is 5.92 Å². The van der Waals surface area contributed by atoms with E-state index >= 15 is 0 Å². The number of nitrogens with zero attached hydrogens (tertiary/aromatic N) is 7. The molecule has 2 aromatic carbocycles. The molecule has 0 radical (unpaired) electrons. The molecule has 12 nitrogen and oxygen atoms in total. The van der Waals surface area contributed by atoms with Crippen LogP contribution in [-0.2, 0) is 30.8 Å². The first-order valence-electron chi connectivity index (χ1n) is 16.7. The SMILES string of the molecule is CC(C)c1nnc(-c2c(CCC3CCOCC3)nc3c(c2-c2ccc4c(c2)oc(=O)n4Cc2ccc(C#N)c(F)c2)c(=O)n2n3CCC2)o1. The van der Waals surface area contributed by atoms with E-state index in [2.05, 4.69) is 10.2 Å². The average molecular weight is 664 g/mol. The number of halogens is 1. The smallest absolute Gasteiger partial charge is 0.420 e. The van der Waals surface area contributed by atoms with Crippen molar-refractivity contribution in [2.45, 2.75) is 71.5 Å². The average Bonchev–Trinajstić information content (AvgIpc) is 3.90. The number of rotatable bonds is 8. The van der Waals surface area contributed by atoms with Crippen LogP contribution in [0.2, 0.25) is 0 Å². The number of nitriles is 1. The van der Waals surface area contributed by atoms with Crippen LogP contribution >= 0.6 is 0 Å². The molecule has 49 heavy (non-hydrogen) atoms. The van der Waals surface area contributed by atoms with Crippen LogP contribution in [0.3, 0.4) is 0 Å². The lowest BCUT2D eigenvalue weighted by atomic mass is 9.90. The van der Waals surface area contributed by atoms with Crippen molar-refractivity contribution in [3.63, 3.8) is 0 Å². The van der Waals surface area contributed by atoms with E-state index in [-0.39, 0.29) is 29.5 Å². The summed E-state index contributed by atoms with van der Waals surface area (Å²) < 4.78 is 37.1. The summed E-state index contributed by atoms with van der Waals surface area (Å²) in [5.41, 5.74) is 4.31. The lowest BCUT2D eigenvalue weighted by Gasteiger charge is -2.22. The van der Waals surface area contributed by atoms with Gasteiger partial charge in [0.15, 0.2) is 11.2 Å². The van der Waals surface area contributed by atoms with Crippen molar-refractivity contribution >= 4 is 22.1 Å². The topological polar surface area (TPSA) is 147 Å². The molecule has 13 heteroatoms. The van der Waals surface area contributed by atoms with Gasteiger partial charge < -0.3 is 13.6 Å². The minimum absolute atomic E-state index is 0.00837. The Morgan fingerprint density at radius 3 is 2.59 bits per heavy atom. The van der Waals surface area contributed by atoms with Crippen molar-refractivity contribution in [3.05, 3.63) is 85.8 Å². The van der Waals surface area contributed by atoms with Crippen LogP contribution in [-0.4, -0.2) is 42.3 Å². The molecule has 8 rings (SSSR count). The zero-order chi connectivity index (χ0) is 33.8. The van der Waals surface area contributed by atoms with Crippen LogP contribution in [0, 0.1) is 23.1 Å². The summed E-state index contributed by atoms with van der Waals surface area (Å²) in [7, 11) is 0. The molecule has 250 valence electrons. The third kappa shape index (κ3) is 5.36. The molecule has 1 fully saturated rings. The standard InChI is InChI=1S/C36H34FN7O5/c1-20(2)33-40-41-34(49-33)30-26(8-5-21-10-14-47-15-11-21)39-32-31(35(45)44-13-3-12-43(32)44)29(30)23-7-9-27-28(17-23)48-36(46)42(27)19-22-4-6-24(18-38)25(37)16-22/h4,6-7,9,16-17,20-21H,3,5,8,10-15,19H2,1-2H3. The van der Waals surface area contributed by atoms with Gasteiger partial charge in [0.1, 0.15) is 11.9 Å². The predicted octanol–water partition coefficient (Wildman–Crippen LogP) is 5.77. The molecule has 0 spiro atoms. The summed E-state index contributed by atoms with van der Waals surface area (Å²) in [6.45, 7) is 6.74. The minimum atomic E-state index is -0.655. The van der Waals surface area contributed by atoms with E-state index in [0.717, 1.165) is 44.6 Å². The normalized spacial score (nSPS) is 15.1. The molecule has 0 bridgehead atoms. The van der Waals surface area contributed by atoms with Crippen LogP contribution in [0.4, 0.5) is 4.39 Å². The number of aryl methyl sites for hydroxylation is 2. The Bertz CT molecular complexity index is 2400. The van der Waals surface area contributed by atoms with Gasteiger partial charge in [-0.3, -0.25) is 14.0 Å². The summed E-state index contributed by atoms with van der Waals surface area (Å²) in [5.74, 6) is -0.0362. The fourth-order valence-electron chi connectivity index (χ4n) is 7.13. The van der Waals surface area contributed by atoms with Gasteiger partial charge in [-0.2, -0.15) is 5.26 Å². The third-order valence-electron chi connectivity index (χ3n) is 9.71. The quantitative estimate of drug-likeness (QED) is 0.198. The van der Waals surface area contributed by atoms with Gasteiger partial charge in [-0.1, -0.05) is 26.0 Å². The maximum absolute atomic E-state index is 14.4. The van der Waals surface area contributed by atoms with Crippen LogP contribution in [0.5, 0.6) is 0 Å². The largest absolute Gasteiger partial charge is 0.420 e. The Kier molecular flexibility index (Phi) is 7.75. The predicted molar refractivity (Wildman–Crippen MR) is 178 cm³/mol. The van der Waals surface area contributed by atoms with Gasteiger partial charge in [-0.05, 0) is 73.4 Å². The van der Waals surface area contributed by atoms with Crippen molar-refractivity contribution in [3.8, 4) is 28.7 Å². The number of hydrogen-bond acceptors (Lipinski definition) is 9. The van der Waals surface area contributed by atoms with E-state index in [1.54, 1.807) is 22.9 Å². The van der Waals surface area contributed by atoms with Gasteiger partial charge in [0.05, 0.1) is 34.3 Å². The monoisotopic (exact) mass is 663 g/mol. The molecule has 0 unspecified atom stereocenters. The Labute approximate surface area is 279 Å². The molecule has 0 atom stereocenters. The van der Waals surface area contributed by atoms with Crippen molar-refractivity contribution in [1.29, 1.82) is 5.26 Å². The van der Waals surface area contributed by atoms with Crippen molar-refractivity contribution in [1.82, 2.24) is 29.1 Å². The fourth-order valence-corrected chi connectivity index (χ4v) is 7.13. The van der Waals surface area contributed by atoms with Crippen LogP contribution < -0.4 is 11.3 Å². The van der Waals surface area contributed by atoms with Gasteiger partial charge in [0, 0.05) is 37.8 Å². The van der Waals surface area contributed by atoms with Gasteiger partial charge >= 0.3 is 5.76 Å². The number of ether oxygens (including phenoxy) is 1. The lowest BCUT2D eigenvalue weighted by molar-refractivity contribution is 0.0639. The summed E-state index contributed by atoms with van der Waals surface area (Å²) in [6.07, 6.45) is 4.32. The minimum Gasteiger partial charge on any atom is -0.420 e. The molecule has 0 aliphatic carbocycles. The van der Waals surface area contributed by atoms with E-state index in [4.69, 9.17) is 23.8 Å². The Morgan fingerprint density at radius 1 is 1.02 bits per heavy atom. The van der Waals surface area contributed by atoms with Gasteiger partial charge in [-0.15, -0.1) is 10.2 Å². The van der Waals surface area contributed by atoms with E-state index < -0.39 is 11.6 Å². The van der Waals surface area contributed by atoms with E-state index in [1.165, 1.54) is 16.7 Å². The molecule has 6 heterocycles. The number of benzene rings is 2. The van der Waals surface area contributed by atoms with Gasteiger partial charge in [0.2, 0.25) is 11.8 Å². The summed E-state index contributed by atoms with van der Waals surface area (Å²) in [6, 6.07) is 11.4. The zero-order valence-electron chi connectivity index (χ0n) is 27.2. The molecule has 4 aromatic heterocycles. The van der Waals surface area contributed by atoms with Gasteiger partial charge in [0.25, 0.3) is 5.56 Å². The van der Waals surface area contributed by atoms with Crippen LogP contribution in [0.25, 0.3) is 44.7 Å². The molecule has 6 aromatic rings. The highest BCUT2D eigenvalue weighted by Gasteiger charge is 2.30. The molecular formula is C36H34FN7O5. The second kappa shape index (κ2) is 12.3. The molecular weight excluding hydrogens is 629 g/mol. The highest BCUT2D eigenvalue weighted by atomic mass is 19.1. The van der Waals surface area contributed by atoms with E-state index in [1.807, 2.05) is 30.7 Å². The Balaban J connectivity index is 1.32. The van der Waals surface area contributed by atoms with E-state index in [9.17, 15) is 14.0 Å². The maximum Gasteiger partial charge on any atom is 0.420 e. The molecule has 2 aliphatic heterocycles. The molecule has 2 aliphatic rings. The first kappa shape index (κ1) is 31.0. The first-order chi connectivity index (χ1) is 23.8. The maximum atomic E-state index is 14.4. The first-order valence-corrected chi connectivity index (χ1v) is 16.7. The van der Waals surface area contributed by atoms with Gasteiger partial charge in [-0.25, -0.2) is 18.9 Å². The number of oxazole rings is 1. The van der Waals surface area contributed by atoms with Crippen LogP contribution in [0.1, 0.15) is 68.2 Å². The Hall–Kier alpha value is -5.35. The summed E-state index contributed by atoms with van der Waals surface area (Å²) >= 11 is 0. The number of fused-ring (bicyclic) bond motifs is 4. The Morgan fingerprint density at radius 2 is 1.84 bits per heavy atom. The fraction of sp³-hybridized carbons (Fsp3) is 0.389. The second-order valence-electron chi connectivity index (χ2n) is 13.2. The highest BCUT2D eigenvalue weighted by molar-refractivity contribution is 6.02. The number of pyridine rings is 1. The summed E-state index contributed by atoms with van der Waals surface area (Å²) in [5, 5.41) is 18.4. The number of hydrogen-bond donors (Lipinski definition) is 0. The molecule has 0 amide bonds. The second-order valence-corrected chi connectivity index (χ2v) is 13.2. The number of aromatic nitrogens is 6. The van der Waals surface area contributed by atoms with Crippen molar-refractivity contribution < 1.29 is 18.0 Å². The lowest BCUT2D eigenvalue weighted by Crippen LogP contribution is -2.17. The molecule has 0 saturated carbocycles. The van der Waals surface area contributed by atoms with E-state index in [0.29, 0.717) is 75.7 Å². The van der Waals surface area contributed by atoms with Crippen molar-refractivity contribution in [2.75, 3.05) is 13.2 Å². The van der Waals surface area contributed by atoms with Crippen LogP contribution in [0.15, 0.2) is 54.8 Å². The third-order valence-corrected chi connectivity index (χ3v) is 9.71. The molecule has 0 N–H and O–H groups in total. The highest BCUT2D eigenvalue weighted by Crippen LogP contribution is 2.41. The zero-order valence-corrected chi connectivity index (χ0v) is 27.2. The summed E-state index contributed by atoms with van der Waals surface area (Å²) in [4.78, 5) is 32.4.